The Kier molecular flexibility index (Phi) is 5.53. The van der Waals surface area contributed by atoms with E-state index in [1.165, 1.54) is 21.9 Å². The van der Waals surface area contributed by atoms with Crippen molar-refractivity contribution in [3.8, 4) is 11.1 Å². The largest absolute Gasteiger partial charge is 0.394 e. The molecule has 0 bridgehead atoms. The molecule has 0 radical (unpaired) electrons. The fourth-order valence-corrected chi connectivity index (χ4v) is 3.85. The summed E-state index contributed by atoms with van der Waals surface area (Å²) in [5, 5.41) is 1.20. The third kappa shape index (κ3) is 3.57. The van der Waals surface area contributed by atoms with Gasteiger partial charge in [0.15, 0.2) is 0 Å². The van der Waals surface area contributed by atoms with Crippen molar-refractivity contribution in [3.05, 3.63) is 54.1 Å². The van der Waals surface area contributed by atoms with Crippen LogP contribution < -0.4 is 5.19 Å². The van der Waals surface area contributed by atoms with Crippen LogP contribution >= 0.6 is 0 Å². The van der Waals surface area contributed by atoms with Crippen LogP contribution in [0.4, 0.5) is 0 Å². The van der Waals surface area contributed by atoms with Crippen molar-refractivity contribution >= 4 is 14.5 Å². The minimum absolute atomic E-state index is 0.705. The van der Waals surface area contributed by atoms with E-state index in [1.54, 1.807) is 0 Å². The fraction of sp³-hybridized carbons (Fsp3) is 0.294. The monoisotopic (exact) mass is 286 g/mol. The highest BCUT2D eigenvalue weighted by molar-refractivity contribution is 6.61. The van der Waals surface area contributed by atoms with E-state index in [2.05, 4.69) is 55.5 Å². The van der Waals surface area contributed by atoms with Gasteiger partial charge in [0.2, 0.25) is 0 Å². The van der Waals surface area contributed by atoms with Crippen LogP contribution in [0.2, 0.25) is 0 Å². The Hall–Kier alpha value is -1.42. The van der Waals surface area contributed by atoms with Gasteiger partial charge in [-0.2, -0.15) is 0 Å². The molecule has 0 amide bonds. The first-order valence-electron chi connectivity index (χ1n) is 7.15. The van der Waals surface area contributed by atoms with Crippen LogP contribution in [0, 0.1) is 6.92 Å². The van der Waals surface area contributed by atoms with Gasteiger partial charge < -0.3 is 8.85 Å². The molecule has 2 rings (SSSR count). The SMILES string of the molecule is CCO[SiH](OCC)c1ccc(-c2ccccc2C)cc1. The Bertz CT molecular complexity index is 531. The van der Waals surface area contributed by atoms with Gasteiger partial charge in [0, 0.05) is 13.2 Å². The number of hydrogen-bond donors (Lipinski definition) is 0. The van der Waals surface area contributed by atoms with Gasteiger partial charge >= 0.3 is 9.28 Å². The van der Waals surface area contributed by atoms with E-state index in [-0.39, 0.29) is 0 Å². The van der Waals surface area contributed by atoms with Gasteiger partial charge in [0.1, 0.15) is 0 Å². The van der Waals surface area contributed by atoms with Crippen molar-refractivity contribution in [2.75, 3.05) is 13.2 Å². The third-order valence-electron chi connectivity index (χ3n) is 3.28. The number of benzene rings is 2. The summed E-state index contributed by atoms with van der Waals surface area (Å²) in [5.74, 6) is 0. The minimum Gasteiger partial charge on any atom is -0.394 e. The molecule has 106 valence electrons. The van der Waals surface area contributed by atoms with Crippen LogP contribution in [-0.4, -0.2) is 22.5 Å². The minimum atomic E-state index is -1.72. The van der Waals surface area contributed by atoms with Crippen LogP contribution in [-0.2, 0) is 8.85 Å². The Morgan fingerprint density at radius 2 is 1.45 bits per heavy atom. The van der Waals surface area contributed by atoms with Crippen molar-refractivity contribution in [1.82, 2.24) is 0 Å². The summed E-state index contributed by atoms with van der Waals surface area (Å²) in [7, 11) is -1.72. The summed E-state index contributed by atoms with van der Waals surface area (Å²) in [5.41, 5.74) is 3.82. The molecule has 0 unspecified atom stereocenters. The number of hydrogen-bond acceptors (Lipinski definition) is 2. The zero-order valence-corrected chi connectivity index (χ0v) is 13.6. The lowest BCUT2D eigenvalue weighted by atomic mass is 10.0. The predicted octanol–water partition coefficient (Wildman–Crippen LogP) is 3.16. The number of aryl methyl sites for hydroxylation is 1. The van der Waals surface area contributed by atoms with Crippen LogP contribution in [0.1, 0.15) is 19.4 Å². The molecule has 0 aromatic heterocycles. The molecule has 0 aliphatic heterocycles. The maximum atomic E-state index is 5.75. The second-order valence-corrected chi connectivity index (χ2v) is 6.68. The topological polar surface area (TPSA) is 18.5 Å². The maximum absolute atomic E-state index is 5.75. The summed E-state index contributed by atoms with van der Waals surface area (Å²) in [6, 6.07) is 17.1. The zero-order valence-electron chi connectivity index (χ0n) is 12.4. The average molecular weight is 286 g/mol. The van der Waals surface area contributed by atoms with Gasteiger partial charge in [-0.1, -0.05) is 48.5 Å². The molecule has 0 N–H and O–H groups in total. The normalized spacial score (nSPS) is 11.0. The van der Waals surface area contributed by atoms with Crippen molar-refractivity contribution in [3.63, 3.8) is 0 Å². The first kappa shape index (κ1) is 15.0. The lowest BCUT2D eigenvalue weighted by molar-refractivity contribution is 0.225. The molecule has 20 heavy (non-hydrogen) atoms. The van der Waals surface area contributed by atoms with Gasteiger partial charge in [-0.15, -0.1) is 0 Å². The van der Waals surface area contributed by atoms with E-state index >= 15 is 0 Å². The molecular formula is C17H22O2Si. The standard InChI is InChI=1S/C17H22O2Si/c1-4-18-20(19-5-2)16-12-10-15(11-13-16)17-9-7-6-8-14(17)3/h6-13,20H,4-5H2,1-3H3. The Balaban J connectivity index is 2.23. The molecule has 0 atom stereocenters. The lowest BCUT2D eigenvalue weighted by Crippen LogP contribution is -2.36. The molecule has 2 aromatic rings. The van der Waals surface area contributed by atoms with E-state index in [0.29, 0.717) is 13.2 Å². The van der Waals surface area contributed by atoms with Crippen LogP contribution in [0.25, 0.3) is 11.1 Å². The van der Waals surface area contributed by atoms with E-state index < -0.39 is 9.28 Å². The highest BCUT2D eigenvalue weighted by Gasteiger charge is 2.15. The van der Waals surface area contributed by atoms with Crippen molar-refractivity contribution in [2.24, 2.45) is 0 Å². The van der Waals surface area contributed by atoms with Crippen LogP contribution in [0.3, 0.4) is 0 Å². The molecule has 3 heteroatoms. The van der Waals surface area contributed by atoms with Crippen molar-refractivity contribution in [1.29, 1.82) is 0 Å². The second-order valence-electron chi connectivity index (χ2n) is 4.68. The zero-order chi connectivity index (χ0) is 14.4. The van der Waals surface area contributed by atoms with Crippen LogP contribution in [0.15, 0.2) is 48.5 Å². The highest BCUT2D eigenvalue weighted by Crippen LogP contribution is 2.22. The molecule has 0 aliphatic carbocycles. The van der Waals surface area contributed by atoms with Gasteiger partial charge in [0.05, 0.1) is 0 Å². The predicted molar refractivity (Wildman–Crippen MR) is 86.7 cm³/mol. The molecule has 0 heterocycles. The molecule has 2 aromatic carbocycles. The molecule has 0 saturated carbocycles. The maximum Gasteiger partial charge on any atom is 0.355 e. The molecule has 0 saturated heterocycles. The summed E-state index contributed by atoms with van der Waals surface area (Å²) < 4.78 is 11.5. The van der Waals surface area contributed by atoms with Crippen molar-refractivity contribution < 1.29 is 8.85 Å². The molecule has 2 nitrogen and oxygen atoms in total. The summed E-state index contributed by atoms with van der Waals surface area (Å²) in [6.07, 6.45) is 0. The fourth-order valence-electron chi connectivity index (χ4n) is 2.26. The number of rotatable bonds is 6. The van der Waals surface area contributed by atoms with E-state index in [0.717, 1.165) is 0 Å². The summed E-state index contributed by atoms with van der Waals surface area (Å²) in [4.78, 5) is 0. The third-order valence-corrected chi connectivity index (χ3v) is 5.48. The quantitative estimate of drug-likeness (QED) is 0.759. The van der Waals surface area contributed by atoms with Crippen molar-refractivity contribution in [2.45, 2.75) is 20.8 Å². The van der Waals surface area contributed by atoms with Gasteiger partial charge in [0.25, 0.3) is 0 Å². The van der Waals surface area contributed by atoms with E-state index in [9.17, 15) is 0 Å². The van der Waals surface area contributed by atoms with Crippen LogP contribution in [0.5, 0.6) is 0 Å². The second kappa shape index (κ2) is 7.38. The Morgan fingerprint density at radius 1 is 0.850 bits per heavy atom. The van der Waals surface area contributed by atoms with E-state index in [1.807, 2.05) is 13.8 Å². The molecule has 0 fully saturated rings. The Labute approximate surface area is 123 Å². The highest BCUT2D eigenvalue weighted by atomic mass is 28.3. The lowest BCUT2D eigenvalue weighted by Gasteiger charge is -2.15. The smallest absolute Gasteiger partial charge is 0.355 e. The van der Waals surface area contributed by atoms with Gasteiger partial charge in [-0.3, -0.25) is 0 Å². The van der Waals surface area contributed by atoms with Gasteiger partial charge in [-0.05, 0) is 42.6 Å². The molecule has 0 aliphatic rings. The summed E-state index contributed by atoms with van der Waals surface area (Å²) >= 11 is 0. The molecular weight excluding hydrogens is 264 g/mol. The first-order valence-corrected chi connectivity index (χ1v) is 8.67. The Morgan fingerprint density at radius 3 is 2.00 bits per heavy atom. The molecule has 0 spiro atoms. The van der Waals surface area contributed by atoms with E-state index in [4.69, 9.17) is 8.85 Å². The first-order chi connectivity index (χ1) is 9.76. The summed E-state index contributed by atoms with van der Waals surface area (Å²) in [6.45, 7) is 7.58. The van der Waals surface area contributed by atoms with Gasteiger partial charge in [-0.25, -0.2) is 0 Å². The average Bonchev–Trinajstić information content (AvgIpc) is 2.48.